The minimum atomic E-state index is -0.679. The molecule has 0 atom stereocenters. The van der Waals surface area contributed by atoms with E-state index in [0.717, 1.165) is 6.07 Å². The van der Waals surface area contributed by atoms with Crippen LogP contribution in [0.4, 0.5) is 10.1 Å². The molecule has 28 heavy (non-hydrogen) atoms. The molecule has 2 aromatic rings. The molecule has 8 heteroatoms. The van der Waals surface area contributed by atoms with E-state index in [1.807, 2.05) is 13.8 Å². The lowest BCUT2D eigenvalue weighted by atomic mass is 10.2. The van der Waals surface area contributed by atoms with Crippen LogP contribution in [-0.4, -0.2) is 36.2 Å². The molecule has 6 nitrogen and oxygen atoms in total. The fourth-order valence-electron chi connectivity index (χ4n) is 2.24. The SMILES string of the molecule is CC(C)NC(=O)CSc1ccccc1C(=O)OCC(=O)Nc1cccc(F)c1. The van der Waals surface area contributed by atoms with Gasteiger partial charge in [0.2, 0.25) is 5.91 Å². The maximum Gasteiger partial charge on any atom is 0.339 e. The summed E-state index contributed by atoms with van der Waals surface area (Å²) in [5, 5.41) is 5.22. The first-order valence-electron chi connectivity index (χ1n) is 8.59. The zero-order chi connectivity index (χ0) is 20.5. The average Bonchev–Trinajstić information content (AvgIpc) is 2.64. The molecular weight excluding hydrogens is 383 g/mol. The topological polar surface area (TPSA) is 84.5 Å². The number of carbonyl (C=O) groups is 3. The van der Waals surface area contributed by atoms with Crippen molar-refractivity contribution in [1.82, 2.24) is 5.32 Å². The van der Waals surface area contributed by atoms with Crippen LogP contribution in [0.2, 0.25) is 0 Å². The number of nitrogens with one attached hydrogen (secondary N) is 2. The molecule has 0 aliphatic heterocycles. The standard InChI is InChI=1S/C20H21FN2O4S/c1-13(2)22-19(25)12-28-17-9-4-3-8-16(17)20(26)27-11-18(24)23-15-7-5-6-14(21)10-15/h3-10,13H,11-12H2,1-2H3,(H,22,25)(H,23,24). The summed E-state index contributed by atoms with van der Waals surface area (Å²) >= 11 is 1.21. The predicted octanol–water partition coefficient (Wildman–Crippen LogP) is 3.24. The molecule has 0 spiro atoms. The summed E-state index contributed by atoms with van der Waals surface area (Å²) in [6.07, 6.45) is 0. The fourth-order valence-corrected chi connectivity index (χ4v) is 3.09. The number of rotatable bonds is 8. The van der Waals surface area contributed by atoms with Crippen LogP contribution in [0, 0.1) is 5.82 Å². The highest BCUT2D eigenvalue weighted by atomic mass is 32.2. The molecule has 0 bridgehead atoms. The van der Waals surface area contributed by atoms with E-state index >= 15 is 0 Å². The van der Waals surface area contributed by atoms with Gasteiger partial charge < -0.3 is 15.4 Å². The second-order valence-corrected chi connectivity index (χ2v) is 7.16. The monoisotopic (exact) mass is 404 g/mol. The van der Waals surface area contributed by atoms with Crippen LogP contribution in [-0.2, 0) is 14.3 Å². The number of ether oxygens (including phenoxy) is 1. The molecule has 0 fully saturated rings. The molecule has 0 heterocycles. The first kappa shape index (κ1) is 21.4. The smallest absolute Gasteiger partial charge is 0.339 e. The Morgan fingerprint density at radius 2 is 1.82 bits per heavy atom. The van der Waals surface area contributed by atoms with E-state index in [9.17, 15) is 18.8 Å². The van der Waals surface area contributed by atoms with E-state index in [0.29, 0.717) is 4.90 Å². The number of benzene rings is 2. The van der Waals surface area contributed by atoms with Gasteiger partial charge in [-0.05, 0) is 44.2 Å². The fraction of sp³-hybridized carbons (Fsp3) is 0.250. The third kappa shape index (κ3) is 7.03. The van der Waals surface area contributed by atoms with Gasteiger partial charge in [-0.3, -0.25) is 9.59 Å². The number of hydrogen-bond donors (Lipinski definition) is 2. The summed E-state index contributed by atoms with van der Waals surface area (Å²) in [6, 6.07) is 12.1. The zero-order valence-electron chi connectivity index (χ0n) is 15.5. The van der Waals surface area contributed by atoms with Crippen LogP contribution >= 0.6 is 11.8 Å². The Bertz CT molecular complexity index is 858. The van der Waals surface area contributed by atoms with E-state index in [1.165, 1.54) is 30.0 Å². The van der Waals surface area contributed by atoms with Gasteiger partial charge in [0.15, 0.2) is 6.61 Å². The predicted molar refractivity (Wildman–Crippen MR) is 106 cm³/mol. The highest BCUT2D eigenvalue weighted by Crippen LogP contribution is 2.23. The first-order chi connectivity index (χ1) is 13.3. The van der Waals surface area contributed by atoms with Gasteiger partial charge >= 0.3 is 5.97 Å². The number of carbonyl (C=O) groups excluding carboxylic acids is 3. The normalized spacial score (nSPS) is 10.4. The second kappa shape index (κ2) is 10.5. The molecule has 2 aromatic carbocycles. The Hall–Kier alpha value is -2.87. The molecule has 0 unspecified atom stereocenters. The zero-order valence-corrected chi connectivity index (χ0v) is 16.3. The van der Waals surface area contributed by atoms with Crippen LogP contribution in [0.3, 0.4) is 0 Å². The van der Waals surface area contributed by atoms with Crippen LogP contribution < -0.4 is 10.6 Å². The number of anilines is 1. The molecule has 2 N–H and O–H groups in total. The maximum atomic E-state index is 13.1. The van der Waals surface area contributed by atoms with Crippen molar-refractivity contribution in [3.63, 3.8) is 0 Å². The summed E-state index contributed by atoms with van der Waals surface area (Å²) in [5.74, 6) is -1.73. The lowest BCUT2D eigenvalue weighted by molar-refractivity contribution is -0.119. The molecule has 2 amide bonds. The number of amides is 2. The molecular formula is C20H21FN2O4S. The summed E-state index contributed by atoms with van der Waals surface area (Å²) in [6.45, 7) is 3.22. The third-order valence-corrected chi connectivity index (χ3v) is 4.43. The van der Waals surface area contributed by atoms with Gasteiger partial charge in [0.25, 0.3) is 5.91 Å². The highest BCUT2D eigenvalue weighted by Gasteiger charge is 2.16. The molecule has 2 rings (SSSR count). The van der Waals surface area contributed by atoms with Crippen LogP contribution in [0.15, 0.2) is 53.4 Å². The Labute approximate surface area is 166 Å². The van der Waals surface area contributed by atoms with E-state index in [-0.39, 0.29) is 29.0 Å². The molecule has 0 saturated heterocycles. The summed E-state index contributed by atoms with van der Waals surface area (Å²) in [7, 11) is 0. The van der Waals surface area contributed by atoms with Crippen molar-refractivity contribution in [3.05, 3.63) is 59.9 Å². The van der Waals surface area contributed by atoms with Crippen molar-refractivity contribution < 1.29 is 23.5 Å². The minimum absolute atomic E-state index is 0.0323. The highest BCUT2D eigenvalue weighted by molar-refractivity contribution is 8.00. The van der Waals surface area contributed by atoms with Gasteiger partial charge in [-0.2, -0.15) is 0 Å². The van der Waals surface area contributed by atoms with E-state index in [2.05, 4.69) is 10.6 Å². The van der Waals surface area contributed by atoms with Crippen LogP contribution in [0.25, 0.3) is 0 Å². The largest absolute Gasteiger partial charge is 0.452 e. The van der Waals surface area contributed by atoms with Gasteiger partial charge in [-0.1, -0.05) is 18.2 Å². The van der Waals surface area contributed by atoms with Crippen LogP contribution in [0.1, 0.15) is 24.2 Å². The van der Waals surface area contributed by atoms with Gasteiger partial charge in [0.1, 0.15) is 5.82 Å². The average molecular weight is 404 g/mol. The number of hydrogen-bond acceptors (Lipinski definition) is 5. The maximum absolute atomic E-state index is 13.1. The van der Waals surface area contributed by atoms with E-state index in [4.69, 9.17) is 4.74 Å². The van der Waals surface area contributed by atoms with Crippen molar-refractivity contribution in [2.75, 3.05) is 17.7 Å². The Kier molecular flexibility index (Phi) is 8.01. The Morgan fingerprint density at radius 3 is 2.54 bits per heavy atom. The molecule has 0 radical (unpaired) electrons. The Balaban J connectivity index is 1.91. The van der Waals surface area contributed by atoms with Crippen molar-refractivity contribution in [3.8, 4) is 0 Å². The quantitative estimate of drug-likeness (QED) is 0.521. The Morgan fingerprint density at radius 1 is 1.07 bits per heavy atom. The van der Waals surface area contributed by atoms with Gasteiger partial charge in [0, 0.05) is 16.6 Å². The first-order valence-corrected chi connectivity index (χ1v) is 9.57. The minimum Gasteiger partial charge on any atom is -0.452 e. The van der Waals surface area contributed by atoms with E-state index < -0.39 is 24.3 Å². The molecule has 0 aliphatic rings. The summed E-state index contributed by atoms with van der Waals surface area (Å²) in [4.78, 5) is 36.6. The van der Waals surface area contributed by atoms with Gasteiger partial charge in [-0.15, -0.1) is 11.8 Å². The molecule has 148 valence electrons. The molecule has 0 aromatic heterocycles. The van der Waals surface area contributed by atoms with Crippen LogP contribution in [0.5, 0.6) is 0 Å². The van der Waals surface area contributed by atoms with Crippen molar-refractivity contribution >= 4 is 35.2 Å². The molecule has 0 aliphatic carbocycles. The van der Waals surface area contributed by atoms with Gasteiger partial charge in [0.05, 0.1) is 11.3 Å². The lowest BCUT2D eigenvalue weighted by Crippen LogP contribution is -2.31. The van der Waals surface area contributed by atoms with Crippen molar-refractivity contribution in [2.24, 2.45) is 0 Å². The number of halogens is 1. The second-order valence-electron chi connectivity index (χ2n) is 6.14. The molecule has 0 saturated carbocycles. The van der Waals surface area contributed by atoms with Gasteiger partial charge in [-0.25, -0.2) is 9.18 Å². The lowest BCUT2D eigenvalue weighted by Gasteiger charge is -2.11. The number of thioether (sulfide) groups is 1. The van der Waals surface area contributed by atoms with Crippen molar-refractivity contribution in [1.29, 1.82) is 0 Å². The van der Waals surface area contributed by atoms with E-state index in [1.54, 1.807) is 24.3 Å². The third-order valence-electron chi connectivity index (χ3n) is 3.36. The number of esters is 1. The van der Waals surface area contributed by atoms with Crippen molar-refractivity contribution in [2.45, 2.75) is 24.8 Å². The summed E-state index contributed by atoms with van der Waals surface area (Å²) in [5.41, 5.74) is 0.538. The summed E-state index contributed by atoms with van der Waals surface area (Å²) < 4.78 is 18.2.